The molecule has 0 atom stereocenters. The number of halogens is 1. The average Bonchev–Trinajstić information content (AvgIpc) is 2.88. The normalized spacial score (nSPS) is 15.8. The van der Waals surface area contributed by atoms with Gasteiger partial charge in [0.2, 0.25) is 0 Å². The largest absolute Gasteiger partial charge is 0.508 e. The van der Waals surface area contributed by atoms with Gasteiger partial charge in [0.25, 0.3) is 0 Å². The molecule has 13 heavy (non-hydrogen) atoms. The lowest BCUT2D eigenvalue weighted by Crippen LogP contribution is -1.88. The second-order valence-electron chi connectivity index (χ2n) is 3.32. The van der Waals surface area contributed by atoms with E-state index in [1.165, 1.54) is 0 Å². The van der Waals surface area contributed by atoms with Crippen molar-refractivity contribution in [2.75, 3.05) is 7.11 Å². The number of hydrogen-bond acceptors (Lipinski definition) is 2. The third-order valence-corrected chi connectivity index (χ3v) is 2.61. The van der Waals surface area contributed by atoms with E-state index in [1.54, 1.807) is 13.2 Å². The van der Waals surface area contributed by atoms with Gasteiger partial charge in [-0.15, -0.1) is 0 Å². The number of rotatable bonds is 2. The van der Waals surface area contributed by atoms with Crippen LogP contribution in [0.4, 0.5) is 0 Å². The minimum atomic E-state index is 0.285. The Bertz CT molecular complexity index is 332. The molecule has 1 aromatic carbocycles. The lowest BCUT2D eigenvalue weighted by molar-refractivity contribution is 0.411. The summed E-state index contributed by atoms with van der Waals surface area (Å²) in [5.41, 5.74) is 0.959. The molecule has 1 aliphatic carbocycles. The van der Waals surface area contributed by atoms with Crippen molar-refractivity contribution in [1.82, 2.24) is 0 Å². The molecule has 70 valence electrons. The highest BCUT2D eigenvalue weighted by Gasteiger charge is 2.27. The van der Waals surface area contributed by atoms with Gasteiger partial charge < -0.3 is 9.84 Å². The zero-order valence-corrected chi connectivity index (χ0v) is 8.14. The van der Waals surface area contributed by atoms with Gasteiger partial charge in [0.15, 0.2) is 0 Å². The van der Waals surface area contributed by atoms with Crippen molar-refractivity contribution in [3.05, 3.63) is 22.7 Å². The molecule has 1 aromatic rings. The Morgan fingerprint density at radius 3 is 2.69 bits per heavy atom. The number of phenolic OH excluding ortho intramolecular Hbond substituents is 1. The van der Waals surface area contributed by atoms with E-state index in [9.17, 15) is 5.11 Å². The van der Waals surface area contributed by atoms with Gasteiger partial charge in [-0.3, -0.25) is 0 Å². The summed E-state index contributed by atoms with van der Waals surface area (Å²) in [6.45, 7) is 0. The van der Waals surface area contributed by atoms with Gasteiger partial charge in [0.1, 0.15) is 11.5 Å². The third-order valence-electron chi connectivity index (χ3n) is 2.32. The molecule has 1 saturated carbocycles. The quantitative estimate of drug-likeness (QED) is 0.792. The van der Waals surface area contributed by atoms with E-state index < -0.39 is 0 Å². The zero-order chi connectivity index (χ0) is 9.42. The van der Waals surface area contributed by atoms with Crippen LogP contribution in [-0.4, -0.2) is 12.2 Å². The van der Waals surface area contributed by atoms with E-state index in [4.69, 9.17) is 16.3 Å². The lowest BCUT2D eigenvalue weighted by Gasteiger charge is -2.07. The Kier molecular flexibility index (Phi) is 2.08. The summed E-state index contributed by atoms with van der Waals surface area (Å²) in [5.74, 6) is 1.43. The molecule has 0 heterocycles. The maximum Gasteiger partial charge on any atom is 0.138 e. The minimum absolute atomic E-state index is 0.285. The molecule has 0 aromatic heterocycles. The molecule has 1 aliphatic rings. The molecular formula is C10H11ClO2. The minimum Gasteiger partial charge on any atom is -0.508 e. The van der Waals surface area contributed by atoms with E-state index in [0.29, 0.717) is 16.7 Å². The van der Waals surface area contributed by atoms with Crippen molar-refractivity contribution >= 4 is 11.6 Å². The molecule has 0 spiro atoms. The van der Waals surface area contributed by atoms with Crippen molar-refractivity contribution in [1.29, 1.82) is 0 Å². The first-order valence-electron chi connectivity index (χ1n) is 4.28. The summed E-state index contributed by atoms with van der Waals surface area (Å²) in [4.78, 5) is 0. The summed E-state index contributed by atoms with van der Waals surface area (Å²) in [7, 11) is 1.58. The first-order chi connectivity index (χ1) is 6.22. The van der Waals surface area contributed by atoms with Crippen LogP contribution in [0.5, 0.6) is 11.5 Å². The SMILES string of the molecule is COc1cc(C2CC2)c(O)cc1Cl. The lowest BCUT2D eigenvalue weighted by atomic mass is 10.1. The molecule has 0 bridgehead atoms. The summed E-state index contributed by atoms with van der Waals surface area (Å²) in [5, 5.41) is 10.0. The predicted molar refractivity (Wildman–Crippen MR) is 51.6 cm³/mol. The molecule has 1 fully saturated rings. The summed E-state index contributed by atoms with van der Waals surface area (Å²) in [6, 6.07) is 3.38. The van der Waals surface area contributed by atoms with Crippen LogP contribution >= 0.6 is 11.6 Å². The second-order valence-corrected chi connectivity index (χ2v) is 3.73. The first-order valence-corrected chi connectivity index (χ1v) is 4.66. The number of methoxy groups -OCH3 is 1. The molecule has 0 aliphatic heterocycles. The summed E-state index contributed by atoms with van der Waals surface area (Å²) >= 11 is 5.84. The highest BCUT2D eigenvalue weighted by atomic mass is 35.5. The van der Waals surface area contributed by atoms with Crippen LogP contribution in [0.3, 0.4) is 0 Å². The van der Waals surface area contributed by atoms with Crippen LogP contribution in [0.2, 0.25) is 5.02 Å². The van der Waals surface area contributed by atoms with Gasteiger partial charge >= 0.3 is 0 Å². The molecule has 0 amide bonds. The predicted octanol–water partition coefficient (Wildman–Crippen LogP) is 2.93. The molecule has 1 N–H and O–H groups in total. The van der Waals surface area contributed by atoms with Crippen molar-refractivity contribution in [2.45, 2.75) is 18.8 Å². The summed E-state index contributed by atoms with van der Waals surface area (Å²) < 4.78 is 5.08. The van der Waals surface area contributed by atoms with Crippen LogP contribution in [-0.2, 0) is 0 Å². The van der Waals surface area contributed by atoms with Crippen LogP contribution in [0, 0.1) is 0 Å². The Morgan fingerprint density at radius 2 is 2.15 bits per heavy atom. The maximum absolute atomic E-state index is 9.58. The Balaban J connectivity index is 2.44. The Hall–Kier alpha value is -0.890. The van der Waals surface area contributed by atoms with Crippen molar-refractivity contribution in [3.63, 3.8) is 0 Å². The van der Waals surface area contributed by atoms with Gasteiger partial charge in [-0.25, -0.2) is 0 Å². The molecule has 2 rings (SSSR count). The number of ether oxygens (including phenoxy) is 1. The van der Waals surface area contributed by atoms with Crippen molar-refractivity contribution in [3.8, 4) is 11.5 Å². The van der Waals surface area contributed by atoms with Gasteiger partial charge in [0, 0.05) is 11.6 Å². The molecule has 3 heteroatoms. The first kappa shape index (κ1) is 8.70. The van der Waals surface area contributed by atoms with Gasteiger partial charge in [-0.05, 0) is 24.8 Å². The fourth-order valence-electron chi connectivity index (χ4n) is 1.44. The number of aromatic hydroxyl groups is 1. The van der Waals surface area contributed by atoms with Gasteiger partial charge in [-0.1, -0.05) is 11.6 Å². The fraction of sp³-hybridized carbons (Fsp3) is 0.400. The van der Waals surface area contributed by atoms with E-state index in [2.05, 4.69) is 0 Å². The van der Waals surface area contributed by atoms with Crippen LogP contribution in [0.1, 0.15) is 24.3 Å². The third kappa shape index (κ3) is 1.59. The zero-order valence-electron chi connectivity index (χ0n) is 7.38. The maximum atomic E-state index is 9.58. The highest BCUT2D eigenvalue weighted by Crippen LogP contribution is 2.46. The fourth-order valence-corrected chi connectivity index (χ4v) is 1.67. The molecule has 0 unspecified atom stereocenters. The van der Waals surface area contributed by atoms with E-state index >= 15 is 0 Å². The van der Waals surface area contributed by atoms with Crippen LogP contribution in [0.25, 0.3) is 0 Å². The monoisotopic (exact) mass is 198 g/mol. The number of benzene rings is 1. The topological polar surface area (TPSA) is 29.5 Å². The Morgan fingerprint density at radius 1 is 1.46 bits per heavy atom. The summed E-state index contributed by atoms with van der Waals surface area (Å²) in [6.07, 6.45) is 2.30. The highest BCUT2D eigenvalue weighted by molar-refractivity contribution is 6.32. The van der Waals surface area contributed by atoms with E-state index in [-0.39, 0.29) is 5.75 Å². The molecule has 0 radical (unpaired) electrons. The average molecular weight is 199 g/mol. The van der Waals surface area contributed by atoms with Crippen LogP contribution in [0.15, 0.2) is 12.1 Å². The molecular weight excluding hydrogens is 188 g/mol. The van der Waals surface area contributed by atoms with Crippen molar-refractivity contribution in [2.24, 2.45) is 0 Å². The van der Waals surface area contributed by atoms with Crippen molar-refractivity contribution < 1.29 is 9.84 Å². The van der Waals surface area contributed by atoms with Gasteiger partial charge in [-0.2, -0.15) is 0 Å². The Labute approximate surface area is 82.1 Å². The smallest absolute Gasteiger partial charge is 0.138 e. The van der Waals surface area contributed by atoms with Gasteiger partial charge in [0.05, 0.1) is 12.1 Å². The second kappa shape index (κ2) is 3.11. The number of hydrogen-bond donors (Lipinski definition) is 1. The van der Waals surface area contributed by atoms with Crippen LogP contribution < -0.4 is 4.74 Å². The van der Waals surface area contributed by atoms with E-state index in [1.807, 2.05) is 6.07 Å². The van der Waals surface area contributed by atoms with E-state index in [0.717, 1.165) is 18.4 Å². The molecule has 0 saturated heterocycles. The number of phenols is 1. The standard InChI is InChI=1S/C10H11ClO2/c1-13-10-4-7(6-2-3-6)9(12)5-8(10)11/h4-6,12H,2-3H2,1H3. The molecule has 2 nitrogen and oxygen atoms in total.